The lowest BCUT2D eigenvalue weighted by Crippen LogP contribution is -2.52. The zero-order valence-electron chi connectivity index (χ0n) is 14.9. The molecule has 0 aliphatic carbocycles. The van der Waals surface area contributed by atoms with Crippen molar-refractivity contribution in [2.24, 2.45) is 0 Å². The molecular weight excluding hydrogens is 318 g/mol. The third-order valence-electron chi connectivity index (χ3n) is 5.32. The highest BCUT2D eigenvalue weighted by Crippen LogP contribution is 2.29. The van der Waals surface area contributed by atoms with Crippen LogP contribution in [0.4, 0.5) is 5.82 Å². The highest BCUT2D eigenvalue weighted by molar-refractivity contribution is 5.82. The fraction of sp³-hybridized carbons (Fsp3) is 0.647. The van der Waals surface area contributed by atoms with E-state index in [9.17, 15) is 4.79 Å². The Morgan fingerprint density at radius 1 is 1.16 bits per heavy atom. The van der Waals surface area contributed by atoms with Crippen molar-refractivity contribution < 1.29 is 4.79 Å². The molecule has 4 rings (SSSR count). The van der Waals surface area contributed by atoms with Crippen molar-refractivity contribution in [3.63, 3.8) is 0 Å². The number of hydrogen-bond acceptors (Lipinski definition) is 6. The summed E-state index contributed by atoms with van der Waals surface area (Å²) < 4.78 is 1.88. The summed E-state index contributed by atoms with van der Waals surface area (Å²) in [6.45, 7) is 2.66. The van der Waals surface area contributed by atoms with Gasteiger partial charge in [0.15, 0.2) is 11.5 Å². The minimum Gasteiger partial charge on any atom is -0.361 e. The van der Waals surface area contributed by atoms with Gasteiger partial charge < -0.3 is 10.2 Å². The van der Waals surface area contributed by atoms with Crippen LogP contribution in [0.3, 0.4) is 0 Å². The number of hydrogen-bond donors (Lipinski definition) is 1. The van der Waals surface area contributed by atoms with Gasteiger partial charge in [-0.3, -0.25) is 9.69 Å². The number of rotatable bonds is 3. The van der Waals surface area contributed by atoms with Crippen molar-refractivity contribution in [2.75, 3.05) is 38.6 Å². The molecule has 1 amide bonds. The first kappa shape index (κ1) is 16.3. The molecule has 2 aliphatic rings. The van der Waals surface area contributed by atoms with Crippen molar-refractivity contribution in [3.8, 4) is 0 Å². The second-order valence-electron chi connectivity index (χ2n) is 7.17. The maximum absolute atomic E-state index is 12.1. The molecular formula is C17H25N7O. The summed E-state index contributed by atoms with van der Waals surface area (Å²) in [4.78, 5) is 16.4. The topological polar surface area (TPSA) is 78.7 Å². The second kappa shape index (κ2) is 6.59. The average molecular weight is 343 g/mol. The molecule has 2 saturated heterocycles. The van der Waals surface area contributed by atoms with E-state index in [0.717, 1.165) is 62.6 Å². The van der Waals surface area contributed by atoms with Gasteiger partial charge in [-0.15, -0.1) is 15.3 Å². The van der Waals surface area contributed by atoms with Crippen LogP contribution < -0.4 is 10.2 Å². The van der Waals surface area contributed by atoms with Gasteiger partial charge in [0.1, 0.15) is 5.82 Å². The van der Waals surface area contributed by atoms with Gasteiger partial charge in [-0.25, -0.2) is 0 Å². The molecule has 134 valence electrons. The molecule has 8 nitrogen and oxygen atoms in total. The Kier molecular flexibility index (Phi) is 4.29. The smallest absolute Gasteiger partial charge is 0.237 e. The van der Waals surface area contributed by atoms with E-state index >= 15 is 0 Å². The molecule has 1 N–H and O–H groups in total. The average Bonchev–Trinajstić information content (AvgIpc) is 3.05. The monoisotopic (exact) mass is 343 g/mol. The highest BCUT2D eigenvalue weighted by atomic mass is 16.2. The van der Waals surface area contributed by atoms with Crippen LogP contribution in [0.1, 0.15) is 37.4 Å². The number of nitrogens with zero attached hydrogens (tertiary/aromatic N) is 6. The normalized spacial score (nSPS) is 23.0. The fourth-order valence-electron chi connectivity index (χ4n) is 3.86. The number of likely N-dealkylation sites (tertiary alicyclic amines) is 1. The molecule has 0 bridgehead atoms. The minimum atomic E-state index is 0.0447. The van der Waals surface area contributed by atoms with Crippen molar-refractivity contribution >= 4 is 17.4 Å². The highest BCUT2D eigenvalue weighted by Gasteiger charge is 2.33. The zero-order chi connectivity index (χ0) is 17.4. The molecule has 2 aromatic rings. The van der Waals surface area contributed by atoms with Crippen LogP contribution in [0, 0.1) is 0 Å². The lowest BCUT2D eigenvalue weighted by molar-refractivity contribution is -0.128. The van der Waals surface area contributed by atoms with Gasteiger partial charge in [0.25, 0.3) is 0 Å². The first-order valence-electron chi connectivity index (χ1n) is 9.05. The van der Waals surface area contributed by atoms with Crippen molar-refractivity contribution in [2.45, 2.75) is 37.6 Å². The van der Waals surface area contributed by atoms with Crippen LogP contribution in [0.5, 0.6) is 0 Å². The van der Waals surface area contributed by atoms with E-state index < -0.39 is 0 Å². The number of anilines is 1. The van der Waals surface area contributed by atoms with Gasteiger partial charge in [-0.05, 0) is 50.9 Å². The molecule has 4 heterocycles. The molecule has 0 spiro atoms. The summed E-state index contributed by atoms with van der Waals surface area (Å²) in [5.41, 5.74) is 0.787. The number of nitrogens with one attached hydrogen (secondary N) is 1. The van der Waals surface area contributed by atoms with Crippen LogP contribution in [0.2, 0.25) is 0 Å². The molecule has 8 heteroatoms. The third kappa shape index (κ3) is 3.06. The largest absolute Gasteiger partial charge is 0.361 e. The van der Waals surface area contributed by atoms with Crippen LogP contribution in [-0.4, -0.2) is 70.4 Å². The minimum absolute atomic E-state index is 0.0447. The zero-order valence-corrected chi connectivity index (χ0v) is 14.9. The second-order valence-corrected chi connectivity index (χ2v) is 7.17. The van der Waals surface area contributed by atoms with Crippen LogP contribution in [-0.2, 0) is 4.79 Å². The Bertz CT molecular complexity index is 763. The number of amides is 1. The number of fused-ring (bicyclic) bond motifs is 1. The van der Waals surface area contributed by atoms with Gasteiger partial charge in [-0.2, -0.15) is 4.52 Å². The van der Waals surface area contributed by atoms with Gasteiger partial charge in [0, 0.05) is 26.6 Å². The Morgan fingerprint density at radius 3 is 2.68 bits per heavy atom. The van der Waals surface area contributed by atoms with E-state index in [1.54, 1.807) is 0 Å². The molecule has 0 radical (unpaired) electrons. The molecule has 2 fully saturated rings. The molecule has 2 aromatic heterocycles. The number of carbonyl (C=O) groups is 1. The SMILES string of the molecule is CN(C)c1ccc2nnc(C3CCN(C4CCCNC4=O)CC3)n2n1. The van der Waals surface area contributed by atoms with Crippen LogP contribution >= 0.6 is 0 Å². The van der Waals surface area contributed by atoms with E-state index in [2.05, 4.69) is 25.5 Å². The molecule has 0 aromatic carbocycles. The summed E-state index contributed by atoms with van der Waals surface area (Å²) in [5.74, 6) is 2.36. The standard InChI is InChI=1S/C17H25N7O/c1-22(2)15-6-5-14-19-20-16(24(14)21-15)12-7-10-23(11-8-12)13-4-3-9-18-17(13)25/h5-6,12-13H,3-4,7-11H2,1-2H3,(H,18,25). The first-order chi connectivity index (χ1) is 12.1. The van der Waals surface area contributed by atoms with Crippen molar-refractivity contribution in [1.29, 1.82) is 0 Å². The summed E-state index contributed by atoms with van der Waals surface area (Å²) in [5, 5.41) is 16.3. The number of aromatic nitrogens is 4. The van der Waals surface area contributed by atoms with Crippen molar-refractivity contribution in [1.82, 2.24) is 30.0 Å². The third-order valence-corrected chi connectivity index (χ3v) is 5.32. The Balaban J connectivity index is 1.50. The van der Waals surface area contributed by atoms with Crippen LogP contribution in [0.25, 0.3) is 5.65 Å². The van der Waals surface area contributed by atoms with E-state index in [0.29, 0.717) is 5.92 Å². The van der Waals surface area contributed by atoms with Crippen molar-refractivity contribution in [3.05, 3.63) is 18.0 Å². The molecule has 0 saturated carbocycles. The summed E-state index contributed by atoms with van der Waals surface area (Å²) in [6, 6.07) is 3.96. The maximum atomic E-state index is 12.1. The Morgan fingerprint density at radius 2 is 1.96 bits per heavy atom. The van der Waals surface area contributed by atoms with Gasteiger partial charge in [0.05, 0.1) is 6.04 Å². The Labute approximate surface area is 147 Å². The molecule has 1 atom stereocenters. The van der Waals surface area contributed by atoms with E-state index in [4.69, 9.17) is 0 Å². The summed E-state index contributed by atoms with van der Waals surface area (Å²) in [7, 11) is 3.96. The predicted octanol–water partition coefficient (Wildman–Crippen LogP) is 0.648. The van der Waals surface area contributed by atoms with E-state index in [-0.39, 0.29) is 11.9 Å². The quantitative estimate of drug-likeness (QED) is 0.882. The lowest BCUT2D eigenvalue weighted by atomic mass is 9.93. The van der Waals surface area contributed by atoms with Gasteiger partial charge >= 0.3 is 0 Å². The van der Waals surface area contributed by atoms with Gasteiger partial charge in [0.2, 0.25) is 5.91 Å². The summed E-state index contributed by atoms with van der Waals surface area (Å²) in [6.07, 6.45) is 4.01. The van der Waals surface area contributed by atoms with Crippen LogP contribution in [0.15, 0.2) is 12.1 Å². The fourth-order valence-corrected chi connectivity index (χ4v) is 3.86. The lowest BCUT2D eigenvalue weighted by Gasteiger charge is -2.37. The van der Waals surface area contributed by atoms with E-state index in [1.807, 2.05) is 35.6 Å². The predicted molar refractivity (Wildman–Crippen MR) is 94.7 cm³/mol. The first-order valence-corrected chi connectivity index (χ1v) is 9.05. The molecule has 2 aliphatic heterocycles. The number of carbonyl (C=O) groups excluding carboxylic acids is 1. The Hall–Kier alpha value is -2.22. The van der Waals surface area contributed by atoms with Gasteiger partial charge in [-0.1, -0.05) is 0 Å². The van der Waals surface area contributed by atoms with E-state index in [1.165, 1.54) is 0 Å². The maximum Gasteiger partial charge on any atom is 0.237 e. The number of piperidine rings is 2. The summed E-state index contributed by atoms with van der Waals surface area (Å²) >= 11 is 0. The molecule has 1 unspecified atom stereocenters. The molecule has 25 heavy (non-hydrogen) atoms.